The zero-order valence-electron chi connectivity index (χ0n) is 13.0. The smallest absolute Gasteiger partial charge is 0.265 e. The van der Waals surface area contributed by atoms with Crippen molar-refractivity contribution in [1.82, 2.24) is 0 Å². The zero-order valence-corrected chi connectivity index (χ0v) is 13.8. The molecule has 0 aliphatic rings. The van der Waals surface area contributed by atoms with Gasteiger partial charge in [-0.2, -0.15) is 0 Å². The molecule has 0 aromatic heterocycles. The first kappa shape index (κ1) is 16.4. The Morgan fingerprint density at radius 1 is 1.23 bits per heavy atom. The Hall–Kier alpha value is -2.00. The third-order valence-corrected chi connectivity index (χ3v) is 3.87. The molecule has 1 atom stereocenters. The monoisotopic (exact) mass is 317 g/mol. The van der Waals surface area contributed by atoms with E-state index in [0.29, 0.717) is 10.8 Å². The van der Waals surface area contributed by atoms with Gasteiger partial charge in [0.15, 0.2) is 6.10 Å². The summed E-state index contributed by atoms with van der Waals surface area (Å²) in [6.45, 7) is 5.71. The van der Waals surface area contributed by atoms with Gasteiger partial charge in [-0.15, -0.1) is 0 Å². The number of hydrogen-bond acceptors (Lipinski definition) is 2. The van der Waals surface area contributed by atoms with E-state index in [0.717, 1.165) is 17.7 Å². The average Bonchev–Trinajstić information content (AvgIpc) is 2.51. The van der Waals surface area contributed by atoms with Crippen LogP contribution in [-0.2, 0) is 11.2 Å². The molecule has 2 rings (SSSR count). The van der Waals surface area contributed by atoms with E-state index in [2.05, 4.69) is 12.2 Å². The maximum Gasteiger partial charge on any atom is 0.265 e. The lowest BCUT2D eigenvalue weighted by Crippen LogP contribution is -2.30. The van der Waals surface area contributed by atoms with Crippen molar-refractivity contribution in [1.29, 1.82) is 0 Å². The Bertz CT molecular complexity index is 653. The predicted octanol–water partition coefficient (Wildman–Crippen LogP) is 4.62. The van der Waals surface area contributed by atoms with Crippen molar-refractivity contribution in [2.24, 2.45) is 0 Å². The quantitative estimate of drug-likeness (QED) is 0.874. The molecule has 4 heteroatoms. The SMILES string of the molecule is CCc1ccc(NC(=O)[C@H](C)Oc2ccc(Cl)c(C)c2)cc1. The predicted molar refractivity (Wildman–Crippen MR) is 90.7 cm³/mol. The van der Waals surface area contributed by atoms with Gasteiger partial charge < -0.3 is 10.1 Å². The van der Waals surface area contributed by atoms with Crippen molar-refractivity contribution in [2.45, 2.75) is 33.3 Å². The lowest BCUT2D eigenvalue weighted by Gasteiger charge is -2.15. The topological polar surface area (TPSA) is 38.3 Å². The first-order chi connectivity index (χ1) is 10.5. The minimum Gasteiger partial charge on any atom is -0.481 e. The normalized spacial score (nSPS) is 11.8. The third kappa shape index (κ3) is 4.25. The van der Waals surface area contributed by atoms with E-state index in [-0.39, 0.29) is 5.91 Å². The second kappa shape index (κ2) is 7.32. The number of aryl methyl sites for hydroxylation is 2. The number of benzene rings is 2. The van der Waals surface area contributed by atoms with E-state index >= 15 is 0 Å². The van der Waals surface area contributed by atoms with Crippen LogP contribution in [0.3, 0.4) is 0 Å². The van der Waals surface area contributed by atoms with Gasteiger partial charge in [0.1, 0.15) is 5.75 Å². The van der Waals surface area contributed by atoms with Crippen molar-refractivity contribution in [3.8, 4) is 5.75 Å². The summed E-state index contributed by atoms with van der Waals surface area (Å²) < 4.78 is 5.66. The highest BCUT2D eigenvalue weighted by Gasteiger charge is 2.15. The second-order valence-corrected chi connectivity index (χ2v) is 5.62. The number of hydrogen-bond donors (Lipinski definition) is 1. The summed E-state index contributed by atoms with van der Waals surface area (Å²) in [4.78, 5) is 12.2. The molecule has 22 heavy (non-hydrogen) atoms. The molecule has 0 saturated heterocycles. The van der Waals surface area contributed by atoms with Crippen LogP contribution in [0.5, 0.6) is 5.75 Å². The van der Waals surface area contributed by atoms with Crippen LogP contribution >= 0.6 is 11.6 Å². The highest BCUT2D eigenvalue weighted by Crippen LogP contribution is 2.22. The van der Waals surface area contributed by atoms with Crippen LogP contribution in [0.25, 0.3) is 0 Å². The second-order valence-electron chi connectivity index (χ2n) is 5.21. The van der Waals surface area contributed by atoms with Crippen LogP contribution < -0.4 is 10.1 Å². The number of carbonyl (C=O) groups excluding carboxylic acids is 1. The number of amides is 1. The van der Waals surface area contributed by atoms with Crippen LogP contribution in [0.4, 0.5) is 5.69 Å². The lowest BCUT2D eigenvalue weighted by molar-refractivity contribution is -0.122. The van der Waals surface area contributed by atoms with Gasteiger partial charge in [0.25, 0.3) is 5.91 Å². The minimum absolute atomic E-state index is 0.183. The zero-order chi connectivity index (χ0) is 16.1. The van der Waals surface area contributed by atoms with Gasteiger partial charge in [-0.1, -0.05) is 30.7 Å². The molecule has 1 amide bonds. The summed E-state index contributed by atoms with van der Waals surface area (Å²) in [5.41, 5.74) is 2.92. The molecule has 0 radical (unpaired) electrons. The number of rotatable bonds is 5. The molecule has 116 valence electrons. The van der Waals surface area contributed by atoms with E-state index in [4.69, 9.17) is 16.3 Å². The summed E-state index contributed by atoms with van der Waals surface area (Å²) in [7, 11) is 0. The van der Waals surface area contributed by atoms with Crippen LogP contribution in [0.15, 0.2) is 42.5 Å². The molecule has 3 nitrogen and oxygen atoms in total. The first-order valence-electron chi connectivity index (χ1n) is 7.32. The van der Waals surface area contributed by atoms with Gasteiger partial charge >= 0.3 is 0 Å². The fourth-order valence-corrected chi connectivity index (χ4v) is 2.13. The third-order valence-electron chi connectivity index (χ3n) is 3.44. The van der Waals surface area contributed by atoms with Crippen molar-refractivity contribution in [2.75, 3.05) is 5.32 Å². The molecule has 0 saturated carbocycles. The van der Waals surface area contributed by atoms with Crippen LogP contribution in [0.1, 0.15) is 25.0 Å². The summed E-state index contributed by atoms with van der Waals surface area (Å²) in [5.74, 6) is 0.447. The molecule has 0 bridgehead atoms. The standard InChI is InChI=1S/C18H20ClNO2/c1-4-14-5-7-15(8-6-14)20-18(21)13(3)22-16-9-10-17(19)12(2)11-16/h5-11,13H,4H2,1-3H3,(H,20,21)/t13-/m0/s1. The molecule has 0 spiro atoms. The maximum absolute atomic E-state index is 12.2. The maximum atomic E-state index is 12.2. The highest BCUT2D eigenvalue weighted by molar-refractivity contribution is 6.31. The van der Waals surface area contributed by atoms with Crippen molar-refractivity contribution in [3.05, 3.63) is 58.6 Å². The van der Waals surface area contributed by atoms with Crippen LogP contribution in [-0.4, -0.2) is 12.0 Å². The first-order valence-corrected chi connectivity index (χ1v) is 7.70. The van der Waals surface area contributed by atoms with E-state index in [1.807, 2.05) is 37.3 Å². The summed E-state index contributed by atoms with van der Waals surface area (Å²) in [5, 5.41) is 3.53. The number of halogens is 1. The number of anilines is 1. The molecule has 1 N–H and O–H groups in total. The van der Waals surface area contributed by atoms with E-state index in [9.17, 15) is 4.79 Å². The van der Waals surface area contributed by atoms with E-state index < -0.39 is 6.10 Å². The lowest BCUT2D eigenvalue weighted by atomic mass is 10.1. The molecule has 0 heterocycles. The fourth-order valence-electron chi connectivity index (χ4n) is 2.02. The van der Waals surface area contributed by atoms with Crippen LogP contribution in [0.2, 0.25) is 5.02 Å². The van der Waals surface area contributed by atoms with Crippen molar-refractivity contribution < 1.29 is 9.53 Å². The molecule has 0 fully saturated rings. The van der Waals surface area contributed by atoms with Gasteiger partial charge in [0.2, 0.25) is 0 Å². The van der Waals surface area contributed by atoms with E-state index in [1.165, 1.54) is 5.56 Å². The van der Waals surface area contributed by atoms with Crippen LogP contribution in [0, 0.1) is 6.92 Å². The van der Waals surface area contributed by atoms with Gasteiger partial charge in [-0.25, -0.2) is 0 Å². The molecule has 0 aliphatic heterocycles. The molecule has 2 aromatic carbocycles. The fraction of sp³-hybridized carbons (Fsp3) is 0.278. The minimum atomic E-state index is -0.591. The highest BCUT2D eigenvalue weighted by atomic mass is 35.5. The largest absolute Gasteiger partial charge is 0.481 e. The number of carbonyl (C=O) groups is 1. The summed E-state index contributed by atoms with van der Waals surface area (Å²) in [6.07, 6.45) is 0.385. The molecular weight excluding hydrogens is 298 g/mol. The number of ether oxygens (including phenoxy) is 1. The Morgan fingerprint density at radius 3 is 2.50 bits per heavy atom. The van der Waals surface area contributed by atoms with Gasteiger partial charge in [-0.05, 0) is 61.7 Å². The Labute approximate surface area is 136 Å². The van der Waals surface area contributed by atoms with Gasteiger partial charge in [0, 0.05) is 10.7 Å². The van der Waals surface area contributed by atoms with Gasteiger partial charge in [-0.3, -0.25) is 4.79 Å². The van der Waals surface area contributed by atoms with E-state index in [1.54, 1.807) is 19.1 Å². The average molecular weight is 318 g/mol. The Balaban J connectivity index is 1.97. The Kier molecular flexibility index (Phi) is 5.45. The Morgan fingerprint density at radius 2 is 1.91 bits per heavy atom. The summed E-state index contributed by atoms with van der Waals surface area (Å²) in [6, 6.07) is 13.1. The van der Waals surface area contributed by atoms with Crippen molar-refractivity contribution >= 4 is 23.2 Å². The summed E-state index contributed by atoms with van der Waals surface area (Å²) >= 11 is 5.98. The molecule has 0 unspecified atom stereocenters. The van der Waals surface area contributed by atoms with Crippen molar-refractivity contribution in [3.63, 3.8) is 0 Å². The molecule has 2 aromatic rings. The molecule has 0 aliphatic carbocycles. The van der Waals surface area contributed by atoms with Gasteiger partial charge in [0.05, 0.1) is 0 Å². The number of nitrogens with one attached hydrogen (secondary N) is 1. The molecular formula is C18H20ClNO2.